The smallest absolute Gasteiger partial charge is 0.305 e. The van der Waals surface area contributed by atoms with Gasteiger partial charge < -0.3 is 15.2 Å². The third kappa shape index (κ3) is 3.43. The molecule has 2 N–H and O–H groups in total. The maximum atomic E-state index is 11.1. The monoisotopic (exact) mass is 258 g/mol. The Balaban J connectivity index is 2.80. The third-order valence-corrected chi connectivity index (χ3v) is 3.92. The van der Waals surface area contributed by atoms with Gasteiger partial charge in [0.1, 0.15) is 0 Å². The van der Waals surface area contributed by atoms with E-state index in [4.69, 9.17) is 9.84 Å². The van der Waals surface area contributed by atoms with Crippen molar-refractivity contribution in [2.75, 3.05) is 33.4 Å². The van der Waals surface area contributed by atoms with Gasteiger partial charge in [0.25, 0.3) is 0 Å². The molecule has 0 aromatic carbocycles. The Hall–Kier alpha value is -0.650. The van der Waals surface area contributed by atoms with Gasteiger partial charge in [-0.05, 0) is 12.8 Å². The lowest BCUT2D eigenvalue weighted by atomic mass is 9.84. The number of carboxylic acids is 1. The SMILES string of the molecule is CCC(CC)N(CCOC)C1(CC(=O)O)CNC1. The molecule has 0 aromatic rings. The van der Waals surface area contributed by atoms with Crippen LogP contribution in [0.4, 0.5) is 0 Å². The summed E-state index contributed by atoms with van der Waals surface area (Å²) in [7, 11) is 1.69. The number of aliphatic carboxylic acids is 1. The topological polar surface area (TPSA) is 61.8 Å². The molecule has 0 amide bonds. The quantitative estimate of drug-likeness (QED) is 0.644. The van der Waals surface area contributed by atoms with E-state index in [1.807, 2.05) is 0 Å². The Morgan fingerprint density at radius 3 is 2.39 bits per heavy atom. The Bertz CT molecular complexity index is 263. The van der Waals surface area contributed by atoms with Crippen LogP contribution in [0.5, 0.6) is 0 Å². The van der Waals surface area contributed by atoms with Gasteiger partial charge in [0.15, 0.2) is 0 Å². The fraction of sp³-hybridized carbons (Fsp3) is 0.923. The average Bonchev–Trinajstić information content (AvgIpc) is 2.29. The van der Waals surface area contributed by atoms with Crippen molar-refractivity contribution in [3.8, 4) is 0 Å². The number of carboxylic acid groups (broad SMARTS) is 1. The van der Waals surface area contributed by atoms with Crippen molar-refractivity contribution in [2.45, 2.75) is 44.7 Å². The number of ether oxygens (including phenoxy) is 1. The second-order valence-corrected chi connectivity index (χ2v) is 5.05. The van der Waals surface area contributed by atoms with Gasteiger partial charge in [-0.15, -0.1) is 0 Å². The van der Waals surface area contributed by atoms with Gasteiger partial charge in [-0.3, -0.25) is 9.69 Å². The van der Waals surface area contributed by atoms with E-state index in [9.17, 15) is 4.79 Å². The Morgan fingerprint density at radius 1 is 1.44 bits per heavy atom. The average molecular weight is 258 g/mol. The van der Waals surface area contributed by atoms with Gasteiger partial charge in [0.2, 0.25) is 0 Å². The minimum absolute atomic E-state index is 0.209. The van der Waals surface area contributed by atoms with Crippen molar-refractivity contribution < 1.29 is 14.6 Å². The third-order valence-electron chi connectivity index (χ3n) is 3.92. The first-order valence-corrected chi connectivity index (χ1v) is 6.77. The fourth-order valence-corrected chi connectivity index (χ4v) is 2.85. The van der Waals surface area contributed by atoms with E-state index < -0.39 is 5.97 Å². The first kappa shape index (κ1) is 15.4. The molecule has 0 aromatic heterocycles. The highest BCUT2D eigenvalue weighted by Crippen LogP contribution is 2.29. The molecule has 1 aliphatic rings. The number of carbonyl (C=O) groups is 1. The highest BCUT2D eigenvalue weighted by Gasteiger charge is 2.45. The number of nitrogens with one attached hydrogen (secondary N) is 1. The summed E-state index contributed by atoms with van der Waals surface area (Å²) in [4.78, 5) is 13.4. The Labute approximate surface area is 109 Å². The van der Waals surface area contributed by atoms with Crippen LogP contribution in [-0.2, 0) is 9.53 Å². The minimum Gasteiger partial charge on any atom is -0.481 e. The number of rotatable bonds is 9. The van der Waals surface area contributed by atoms with Gasteiger partial charge in [-0.1, -0.05) is 13.8 Å². The van der Waals surface area contributed by atoms with Crippen LogP contribution < -0.4 is 5.32 Å². The van der Waals surface area contributed by atoms with E-state index in [1.54, 1.807) is 7.11 Å². The van der Waals surface area contributed by atoms with Gasteiger partial charge >= 0.3 is 5.97 Å². The number of methoxy groups -OCH3 is 1. The molecule has 1 fully saturated rings. The molecule has 5 heteroatoms. The molecule has 0 radical (unpaired) electrons. The van der Waals surface area contributed by atoms with Gasteiger partial charge in [-0.25, -0.2) is 0 Å². The summed E-state index contributed by atoms with van der Waals surface area (Å²) >= 11 is 0. The highest BCUT2D eigenvalue weighted by atomic mass is 16.5. The van der Waals surface area contributed by atoms with Crippen LogP contribution in [0.15, 0.2) is 0 Å². The van der Waals surface area contributed by atoms with E-state index >= 15 is 0 Å². The van der Waals surface area contributed by atoms with Crippen LogP contribution in [0.2, 0.25) is 0 Å². The summed E-state index contributed by atoms with van der Waals surface area (Å²) in [6, 6.07) is 0.432. The lowest BCUT2D eigenvalue weighted by molar-refractivity contribution is -0.143. The van der Waals surface area contributed by atoms with Gasteiger partial charge in [0, 0.05) is 32.8 Å². The molecule has 1 aliphatic heterocycles. The Kier molecular flexibility index (Phi) is 6.05. The lowest BCUT2D eigenvalue weighted by Crippen LogP contribution is -2.71. The van der Waals surface area contributed by atoms with E-state index in [2.05, 4.69) is 24.1 Å². The summed E-state index contributed by atoms with van der Waals surface area (Å²) in [5.41, 5.74) is -0.221. The zero-order valence-corrected chi connectivity index (χ0v) is 11.7. The fourth-order valence-electron chi connectivity index (χ4n) is 2.85. The van der Waals surface area contributed by atoms with Gasteiger partial charge in [0.05, 0.1) is 18.6 Å². The predicted octanol–water partition coefficient (Wildman–Crippen LogP) is 0.940. The van der Waals surface area contributed by atoms with Crippen molar-refractivity contribution in [3.63, 3.8) is 0 Å². The van der Waals surface area contributed by atoms with E-state index in [-0.39, 0.29) is 12.0 Å². The largest absolute Gasteiger partial charge is 0.481 e. The van der Waals surface area contributed by atoms with Crippen LogP contribution in [-0.4, -0.2) is 60.9 Å². The highest BCUT2D eigenvalue weighted by molar-refractivity contribution is 5.69. The van der Waals surface area contributed by atoms with Crippen LogP contribution >= 0.6 is 0 Å². The molecule has 0 atom stereocenters. The number of hydrogen-bond acceptors (Lipinski definition) is 4. The van der Waals surface area contributed by atoms with E-state index in [0.29, 0.717) is 12.6 Å². The zero-order chi connectivity index (χ0) is 13.6. The second-order valence-electron chi connectivity index (χ2n) is 5.05. The molecule has 18 heavy (non-hydrogen) atoms. The molecule has 0 spiro atoms. The van der Waals surface area contributed by atoms with Crippen LogP contribution in [0, 0.1) is 0 Å². The Morgan fingerprint density at radius 2 is 2.06 bits per heavy atom. The van der Waals surface area contributed by atoms with Gasteiger partial charge in [-0.2, -0.15) is 0 Å². The normalized spacial score (nSPS) is 18.1. The van der Waals surface area contributed by atoms with Crippen LogP contribution in [0.1, 0.15) is 33.1 Å². The molecule has 0 saturated carbocycles. The summed E-state index contributed by atoms with van der Waals surface area (Å²) in [5, 5.41) is 12.4. The molecular weight excluding hydrogens is 232 g/mol. The summed E-state index contributed by atoms with van der Waals surface area (Å²) in [6.45, 7) is 7.30. The van der Waals surface area contributed by atoms with Crippen molar-refractivity contribution in [2.24, 2.45) is 0 Å². The second kappa shape index (κ2) is 7.07. The number of hydrogen-bond donors (Lipinski definition) is 2. The molecular formula is C13H26N2O3. The van der Waals surface area contributed by atoms with Crippen molar-refractivity contribution in [1.82, 2.24) is 10.2 Å². The van der Waals surface area contributed by atoms with Crippen molar-refractivity contribution in [1.29, 1.82) is 0 Å². The zero-order valence-electron chi connectivity index (χ0n) is 11.7. The molecule has 0 unspecified atom stereocenters. The number of nitrogens with zero attached hydrogens (tertiary/aromatic N) is 1. The molecule has 1 heterocycles. The van der Waals surface area contributed by atoms with Crippen molar-refractivity contribution in [3.05, 3.63) is 0 Å². The standard InChI is InChI=1S/C13H26N2O3/c1-4-11(5-2)15(6-7-18-3)13(8-12(16)17)9-14-10-13/h11,14H,4-10H2,1-3H3,(H,16,17). The maximum absolute atomic E-state index is 11.1. The molecule has 5 nitrogen and oxygen atoms in total. The molecule has 0 aliphatic carbocycles. The first-order chi connectivity index (χ1) is 8.59. The molecule has 1 rings (SSSR count). The molecule has 0 bridgehead atoms. The predicted molar refractivity (Wildman–Crippen MR) is 70.8 cm³/mol. The van der Waals surface area contributed by atoms with E-state index in [1.165, 1.54) is 0 Å². The maximum Gasteiger partial charge on any atom is 0.305 e. The summed E-state index contributed by atoms with van der Waals surface area (Å²) in [6.07, 6.45) is 2.30. The lowest BCUT2D eigenvalue weighted by Gasteiger charge is -2.53. The van der Waals surface area contributed by atoms with Crippen LogP contribution in [0.3, 0.4) is 0 Å². The summed E-state index contributed by atoms with van der Waals surface area (Å²) in [5.74, 6) is -0.718. The molecule has 1 saturated heterocycles. The molecule has 106 valence electrons. The first-order valence-electron chi connectivity index (χ1n) is 6.77. The van der Waals surface area contributed by atoms with Crippen molar-refractivity contribution >= 4 is 5.97 Å². The van der Waals surface area contributed by atoms with Crippen LogP contribution in [0.25, 0.3) is 0 Å². The summed E-state index contributed by atoms with van der Waals surface area (Å²) < 4.78 is 5.17. The minimum atomic E-state index is -0.718. The van der Waals surface area contributed by atoms with E-state index in [0.717, 1.165) is 32.5 Å².